The zero-order valence-electron chi connectivity index (χ0n) is 18.4. The van der Waals surface area contributed by atoms with Crippen molar-refractivity contribution in [2.24, 2.45) is 0 Å². The first-order valence-electron chi connectivity index (χ1n) is 10.9. The Bertz CT molecular complexity index is 1290. The maximum atomic E-state index is 12.9. The van der Waals surface area contributed by atoms with E-state index in [-0.39, 0.29) is 12.5 Å². The van der Waals surface area contributed by atoms with Gasteiger partial charge >= 0.3 is 0 Å². The first-order valence-corrected chi connectivity index (χ1v) is 10.9. The van der Waals surface area contributed by atoms with Crippen LogP contribution in [-0.4, -0.2) is 44.3 Å². The Morgan fingerprint density at radius 3 is 2.76 bits per heavy atom. The normalized spacial score (nSPS) is 12.2. The maximum absolute atomic E-state index is 12.9. The Morgan fingerprint density at radius 1 is 1.09 bits per heavy atom. The van der Waals surface area contributed by atoms with E-state index in [0.717, 1.165) is 41.6 Å². The van der Waals surface area contributed by atoms with Gasteiger partial charge in [0, 0.05) is 37.8 Å². The van der Waals surface area contributed by atoms with Crippen LogP contribution in [0, 0.1) is 0 Å². The quantitative estimate of drug-likeness (QED) is 0.475. The van der Waals surface area contributed by atoms with Gasteiger partial charge in [-0.1, -0.05) is 24.3 Å². The SMILES string of the molecule is COCc1c(C(=O)NCCc2ccncc2)cnn1-c1ncc2c(n1)-c1ccccc1CC2. The molecule has 1 N–H and O–H groups in total. The van der Waals surface area contributed by atoms with E-state index in [2.05, 4.69) is 38.6 Å². The molecule has 3 heterocycles. The topological polar surface area (TPSA) is 94.8 Å². The number of rotatable bonds is 7. The fourth-order valence-electron chi connectivity index (χ4n) is 4.13. The molecule has 4 aromatic rings. The van der Waals surface area contributed by atoms with Gasteiger partial charge in [0.25, 0.3) is 11.9 Å². The van der Waals surface area contributed by atoms with E-state index in [0.29, 0.717) is 23.8 Å². The molecule has 1 amide bonds. The molecule has 1 aliphatic rings. The number of hydrogen-bond acceptors (Lipinski definition) is 6. The molecular weight excluding hydrogens is 416 g/mol. The molecule has 33 heavy (non-hydrogen) atoms. The van der Waals surface area contributed by atoms with Gasteiger partial charge in [0.1, 0.15) is 0 Å². The maximum Gasteiger partial charge on any atom is 0.254 e. The molecule has 0 spiro atoms. The summed E-state index contributed by atoms with van der Waals surface area (Å²) in [5, 5.41) is 7.40. The van der Waals surface area contributed by atoms with Crippen molar-refractivity contribution in [2.75, 3.05) is 13.7 Å². The van der Waals surface area contributed by atoms with Crippen LogP contribution in [0.5, 0.6) is 0 Å². The Kier molecular flexibility index (Phi) is 5.91. The lowest BCUT2D eigenvalue weighted by Crippen LogP contribution is -2.26. The number of hydrogen-bond donors (Lipinski definition) is 1. The number of pyridine rings is 1. The zero-order chi connectivity index (χ0) is 22.6. The number of aryl methyl sites for hydroxylation is 2. The smallest absolute Gasteiger partial charge is 0.254 e. The number of amides is 1. The summed E-state index contributed by atoms with van der Waals surface area (Å²) in [6.07, 6.45) is 9.50. The second-order valence-electron chi connectivity index (χ2n) is 7.91. The lowest BCUT2D eigenvalue weighted by atomic mass is 9.90. The van der Waals surface area contributed by atoms with Crippen LogP contribution in [0.3, 0.4) is 0 Å². The van der Waals surface area contributed by atoms with Crippen molar-refractivity contribution in [3.63, 3.8) is 0 Å². The molecule has 3 aromatic heterocycles. The van der Waals surface area contributed by atoms with Gasteiger partial charge in [-0.3, -0.25) is 9.78 Å². The first kappa shape index (κ1) is 21.0. The van der Waals surface area contributed by atoms with E-state index >= 15 is 0 Å². The van der Waals surface area contributed by atoms with Gasteiger partial charge in [-0.05, 0) is 48.1 Å². The molecular formula is C25H24N6O2. The minimum atomic E-state index is -0.203. The average Bonchev–Trinajstić information content (AvgIpc) is 3.28. The summed E-state index contributed by atoms with van der Waals surface area (Å²) in [6.45, 7) is 0.719. The minimum absolute atomic E-state index is 0.203. The van der Waals surface area contributed by atoms with E-state index in [1.165, 1.54) is 5.56 Å². The Balaban J connectivity index is 1.41. The summed E-state index contributed by atoms with van der Waals surface area (Å²) in [6, 6.07) is 12.2. The second kappa shape index (κ2) is 9.30. The van der Waals surface area contributed by atoms with E-state index in [9.17, 15) is 4.79 Å². The Labute approximate surface area is 191 Å². The van der Waals surface area contributed by atoms with Crippen LogP contribution in [0.1, 0.15) is 32.7 Å². The van der Waals surface area contributed by atoms with Gasteiger partial charge in [-0.25, -0.2) is 9.97 Å². The van der Waals surface area contributed by atoms with Gasteiger partial charge in [0.15, 0.2) is 0 Å². The highest BCUT2D eigenvalue weighted by molar-refractivity contribution is 5.95. The number of nitrogens with zero attached hydrogens (tertiary/aromatic N) is 5. The van der Waals surface area contributed by atoms with Gasteiger partial charge < -0.3 is 10.1 Å². The van der Waals surface area contributed by atoms with Gasteiger partial charge in [0.2, 0.25) is 0 Å². The summed E-state index contributed by atoms with van der Waals surface area (Å²) in [5.74, 6) is 0.221. The zero-order valence-corrected chi connectivity index (χ0v) is 18.4. The van der Waals surface area contributed by atoms with Crippen molar-refractivity contribution in [3.8, 4) is 17.2 Å². The third-order valence-corrected chi connectivity index (χ3v) is 5.82. The number of ether oxygens (including phenoxy) is 1. The van der Waals surface area contributed by atoms with Gasteiger partial charge in [-0.2, -0.15) is 9.78 Å². The predicted molar refractivity (Wildman–Crippen MR) is 123 cm³/mol. The highest BCUT2D eigenvalue weighted by atomic mass is 16.5. The summed E-state index contributed by atoms with van der Waals surface area (Å²) < 4.78 is 6.97. The van der Waals surface area contributed by atoms with E-state index in [1.807, 2.05) is 24.4 Å². The molecule has 0 unspecified atom stereocenters. The molecule has 166 valence electrons. The van der Waals surface area contributed by atoms with Crippen LogP contribution in [0.15, 0.2) is 61.2 Å². The monoisotopic (exact) mass is 440 g/mol. The minimum Gasteiger partial charge on any atom is -0.378 e. The summed E-state index contributed by atoms with van der Waals surface area (Å²) in [7, 11) is 1.59. The van der Waals surface area contributed by atoms with Crippen LogP contribution in [0.2, 0.25) is 0 Å². The molecule has 8 heteroatoms. The molecule has 0 saturated carbocycles. The molecule has 1 aliphatic carbocycles. The standard InChI is InChI=1S/C25H24N6O2/c1-33-16-22-21(24(32)27-13-10-17-8-11-26-12-9-17)15-29-31(22)25-28-14-19-7-6-18-4-2-3-5-20(18)23(19)30-25/h2-5,8-9,11-12,14-15H,6-7,10,13,16H2,1H3,(H,27,32). The van der Waals surface area contributed by atoms with Gasteiger partial charge in [-0.15, -0.1) is 0 Å². The second-order valence-corrected chi connectivity index (χ2v) is 7.91. The number of aromatic nitrogens is 5. The molecule has 0 aliphatic heterocycles. The van der Waals surface area contributed by atoms with E-state index < -0.39 is 0 Å². The summed E-state index contributed by atoms with van der Waals surface area (Å²) >= 11 is 0. The van der Waals surface area contributed by atoms with Crippen molar-refractivity contribution in [1.82, 2.24) is 30.0 Å². The molecule has 0 atom stereocenters. The van der Waals surface area contributed by atoms with Crippen molar-refractivity contribution in [3.05, 3.63) is 89.1 Å². The molecule has 0 radical (unpaired) electrons. The van der Waals surface area contributed by atoms with Crippen molar-refractivity contribution in [2.45, 2.75) is 25.9 Å². The number of benzene rings is 1. The lowest BCUT2D eigenvalue weighted by molar-refractivity contribution is 0.0948. The third-order valence-electron chi connectivity index (χ3n) is 5.82. The molecule has 0 saturated heterocycles. The molecule has 0 bridgehead atoms. The summed E-state index contributed by atoms with van der Waals surface area (Å²) in [4.78, 5) is 26.3. The number of carbonyl (C=O) groups is 1. The van der Waals surface area contributed by atoms with E-state index in [1.54, 1.807) is 30.4 Å². The fraction of sp³-hybridized carbons (Fsp3) is 0.240. The van der Waals surface area contributed by atoms with Crippen LogP contribution in [-0.2, 0) is 30.6 Å². The number of fused-ring (bicyclic) bond motifs is 3. The summed E-state index contributed by atoms with van der Waals surface area (Å²) in [5.41, 5.74) is 6.62. The van der Waals surface area contributed by atoms with Crippen LogP contribution >= 0.6 is 0 Å². The fourth-order valence-corrected chi connectivity index (χ4v) is 4.13. The highest BCUT2D eigenvalue weighted by Gasteiger charge is 2.22. The van der Waals surface area contributed by atoms with Crippen molar-refractivity contribution in [1.29, 1.82) is 0 Å². The van der Waals surface area contributed by atoms with Crippen LogP contribution < -0.4 is 5.32 Å². The molecule has 0 fully saturated rings. The largest absolute Gasteiger partial charge is 0.378 e. The van der Waals surface area contributed by atoms with E-state index in [4.69, 9.17) is 9.72 Å². The van der Waals surface area contributed by atoms with Crippen molar-refractivity contribution >= 4 is 5.91 Å². The first-order chi connectivity index (χ1) is 16.2. The Hall–Kier alpha value is -3.91. The highest BCUT2D eigenvalue weighted by Crippen LogP contribution is 2.31. The number of carbonyl (C=O) groups excluding carboxylic acids is 1. The van der Waals surface area contributed by atoms with Gasteiger partial charge in [0.05, 0.1) is 29.8 Å². The van der Waals surface area contributed by atoms with Crippen LogP contribution in [0.4, 0.5) is 0 Å². The number of nitrogens with one attached hydrogen (secondary N) is 1. The predicted octanol–water partition coefficient (Wildman–Crippen LogP) is 2.94. The average molecular weight is 441 g/mol. The molecule has 8 nitrogen and oxygen atoms in total. The van der Waals surface area contributed by atoms with Crippen LogP contribution in [0.25, 0.3) is 17.2 Å². The molecule has 5 rings (SSSR count). The Morgan fingerprint density at radius 2 is 1.91 bits per heavy atom. The lowest BCUT2D eigenvalue weighted by Gasteiger charge is -2.19. The third kappa shape index (κ3) is 4.25. The molecule has 1 aromatic carbocycles. The number of methoxy groups -OCH3 is 1. The van der Waals surface area contributed by atoms with Crippen molar-refractivity contribution < 1.29 is 9.53 Å².